The largest absolute Gasteiger partial charge is 0.321 e. The van der Waals surface area contributed by atoms with Gasteiger partial charge in [0, 0.05) is 10.6 Å². The number of carbonyl (C=O) groups is 1. The van der Waals surface area contributed by atoms with Gasteiger partial charge in [-0.1, -0.05) is 13.0 Å². The molecule has 2 nitrogen and oxygen atoms in total. The number of anilines is 1. The molecule has 0 aliphatic heterocycles. The molecule has 4 heteroatoms. The summed E-state index contributed by atoms with van der Waals surface area (Å²) in [5.41, 5.74) is 1.61. The maximum atomic E-state index is 13.0. The van der Waals surface area contributed by atoms with Crippen molar-refractivity contribution in [1.29, 1.82) is 0 Å². The van der Waals surface area contributed by atoms with Crippen LogP contribution in [0.25, 0.3) is 0 Å². The van der Waals surface area contributed by atoms with Crippen molar-refractivity contribution in [1.82, 2.24) is 0 Å². The molecule has 0 aliphatic carbocycles. The van der Waals surface area contributed by atoms with E-state index in [-0.39, 0.29) is 11.7 Å². The standard InChI is InChI=1S/C14H14FNOS/c1-3-12-9(2)7-13(18-12)14(17)16-11-6-4-5-10(15)8-11/h4-8H,3H2,1-2H3,(H,16,17). The predicted molar refractivity (Wildman–Crippen MR) is 72.8 cm³/mol. The van der Waals surface area contributed by atoms with Crippen molar-refractivity contribution >= 4 is 22.9 Å². The summed E-state index contributed by atoms with van der Waals surface area (Å²) >= 11 is 1.49. The predicted octanol–water partition coefficient (Wildman–Crippen LogP) is 4.01. The van der Waals surface area contributed by atoms with Crippen molar-refractivity contribution in [3.63, 3.8) is 0 Å². The zero-order chi connectivity index (χ0) is 13.1. The molecule has 2 aromatic rings. The summed E-state index contributed by atoms with van der Waals surface area (Å²) in [7, 11) is 0. The summed E-state index contributed by atoms with van der Waals surface area (Å²) in [6, 6.07) is 7.77. The van der Waals surface area contributed by atoms with Crippen molar-refractivity contribution in [3.8, 4) is 0 Å². The third-order valence-electron chi connectivity index (χ3n) is 2.65. The third kappa shape index (κ3) is 2.76. The van der Waals surface area contributed by atoms with Crippen molar-refractivity contribution < 1.29 is 9.18 Å². The monoisotopic (exact) mass is 263 g/mol. The van der Waals surface area contributed by atoms with Crippen LogP contribution in [-0.2, 0) is 6.42 Å². The summed E-state index contributed by atoms with van der Waals surface area (Å²) in [4.78, 5) is 13.9. The summed E-state index contributed by atoms with van der Waals surface area (Å²) in [5.74, 6) is -0.544. The van der Waals surface area contributed by atoms with Gasteiger partial charge in [0.2, 0.25) is 0 Å². The van der Waals surface area contributed by atoms with E-state index in [0.29, 0.717) is 10.6 Å². The number of carbonyl (C=O) groups excluding carboxylic acids is 1. The molecule has 0 atom stereocenters. The summed E-state index contributed by atoms with van der Waals surface area (Å²) in [6.45, 7) is 4.06. The fourth-order valence-corrected chi connectivity index (χ4v) is 2.75. The average molecular weight is 263 g/mol. The minimum Gasteiger partial charge on any atom is -0.321 e. The first-order valence-electron chi connectivity index (χ1n) is 5.76. The molecule has 0 bridgehead atoms. The molecule has 0 saturated carbocycles. The Balaban J connectivity index is 2.16. The van der Waals surface area contributed by atoms with E-state index in [1.807, 2.05) is 13.0 Å². The van der Waals surface area contributed by atoms with Gasteiger partial charge in [0.1, 0.15) is 5.82 Å². The normalized spacial score (nSPS) is 10.4. The molecule has 2 rings (SSSR count). The fourth-order valence-electron chi connectivity index (χ4n) is 1.74. The number of halogens is 1. The highest BCUT2D eigenvalue weighted by atomic mass is 32.1. The third-order valence-corrected chi connectivity index (χ3v) is 4.03. The number of thiophene rings is 1. The highest BCUT2D eigenvalue weighted by molar-refractivity contribution is 7.14. The maximum Gasteiger partial charge on any atom is 0.265 e. The van der Waals surface area contributed by atoms with Gasteiger partial charge in [-0.3, -0.25) is 4.79 Å². The van der Waals surface area contributed by atoms with Crippen LogP contribution in [-0.4, -0.2) is 5.91 Å². The Hall–Kier alpha value is -1.68. The van der Waals surface area contributed by atoms with E-state index in [2.05, 4.69) is 12.2 Å². The van der Waals surface area contributed by atoms with Gasteiger partial charge >= 0.3 is 0 Å². The molecule has 1 N–H and O–H groups in total. The van der Waals surface area contributed by atoms with Crippen LogP contribution in [0.15, 0.2) is 30.3 Å². The van der Waals surface area contributed by atoms with Crippen LogP contribution in [0.5, 0.6) is 0 Å². The Kier molecular flexibility index (Phi) is 3.77. The molecule has 1 amide bonds. The number of hydrogen-bond donors (Lipinski definition) is 1. The van der Waals surface area contributed by atoms with E-state index in [0.717, 1.165) is 12.0 Å². The molecular formula is C14H14FNOS. The number of nitrogens with one attached hydrogen (secondary N) is 1. The molecule has 0 radical (unpaired) electrons. The van der Waals surface area contributed by atoms with Crippen LogP contribution in [0.2, 0.25) is 0 Å². The lowest BCUT2D eigenvalue weighted by atomic mass is 10.2. The Bertz CT molecular complexity index is 577. The Labute approximate surface area is 109 Å². The zero-order valence-corrected chi connectivity index (χ0v) is 11.1. The lowest BCUT2D eigenvalue weighted by Gasteiger charge is -2.02. The van der Waals surface area contributed by atoms with Gasteiger partial charge in [-0.15, -0.1) is 11.3 Å². The summed E-state index contributed by atoms with van der Waals surface area (Å²) in [5, 5.41) is 2.70. The van der Waals surface area contributed by atoms with E-state index in [1.54, 1.807) is 12.1 Å². The van der Waals surface area contributed by atoms with Gasteiger partial charge in [-0.2, -0.15) is 0 Å². The molecule has 94 valence electrons. The van der Waals surface area contributed by atoms with Gasteiger partial charge in [0.25, 0.3) is 5.91 Å². The molecule has 0 saturated heterocycles. The second-order valence-electron chi connectivity index (χ2n) is 4.03. The molecule has 1 aromatic carbocycles. The maximum absolute atomic E-state index is 13.0. The quantitative estimate of drug-likeness (QED) is 0.890. The second-order valence-corrected chi connectivity index (χ2v) is 5.17. The van der Waals surface area contributed by atoms with Crippen LogP contribution >= 0.6 is 11.3 Å². The summed E-state index contributed by atoms with van der Waals surface area (Å²) in [6.07, 6.45) is 0.920. The van der Waals surface area contributed by atoms with E-state index >= 15 is 0 Å². The lowest BCUT2D eigenvalue weighted by molar-refractivity contribution is 0.103. The molecule has 1 aromatic heterocycles. The van der Waals surface area contributed by atoms with Crippen LogP contribution < -0.4 is 5.32 Å². The number of amides is 1. The van der Waals surface area contributed by atoms with Gasteiger partial charge in [0.05, 0.1) is 4.88 Å². The van der Waals surface area contributed by atoms with Crippen molar-refractivity contribution in [2.45, 2.75) is 20.3 Å². The first-order chi connectivity index (χ1) is 8.60. The highest BCUT2D eigenvalue weighted by Crippen LogP contribution is 2.23. The van der Waals surface area contributed by atoms with Gasteiger partial charge in [-0.05, 0) is 43.2 Å². The van der Waals surface area contributed by atoms with E-state index < -0.39 is 0 Å². The first-order valence-corrected chi connectivity index (χ1v) is 6.58. The van der Waals surface area contributed by atoms with Crippen molar-refractivity contribution in [3.05, 3.63) is 51.5 Å². The molecule has 0 fully saturated rings. The number of rotatable bonds is 3. The Morgan fingerprint density at radius 3 is 2.78 bits per heavy atom. The van der Waals surface area contributed by atoms with E-state index in [1.165, 1.54) is 28.3 Å². The van der Waals surface area contributed by atoms with Crippen molar-refractivity contribution in [2.75, 3.05) is 5.32 Å². The van der Waals surface area contributed by atoms with Crippen LogP contribution in [0.3, 0.4) is 0 Å². The molecule has 1 heterocycles. The zero-order valence-electron chi connectivity index (χ0n) is 10.3. The Morgan fingerprint density at radius 1 is 1.39 bits per heavy atom. The SMILES string of the molecule is CCc1sc(C(=O)Nc2cccc(F)c2)cc1C. The minimum atomic E-state index is -0.357. The second kappa shape index (κ2) is 5.31. The highest BCUT2D eigenvalue weighted by Gasteiger charge is 2.11. The van der Waals surface area contributed by atoms with Gasteiger partial charge in [0.15, 0.2) is 0 Å². The first kappa shape index (κ1) is 12.8. The van der Waals surface area contributed by atoms with Crippen molar-refractivity contribution in [2.24, 2.45) is 0 Å². The minimum absolute atomic E-state index is 0.187. The topological polar surface area (TPSA) is 29.1 Å². The van der Waals surface area contributed by atoms with Gasteiger partial charge < -0.3 is 5.32 Å². The summed E-state index contributed by atoms with van der Waals surface area (Å²) < 4.78 is 13.0. The van der Waals surface area contributed by atoms with Crippen LogP contribution in [0, 0.1) is 12.7 Å². The lowest BCUT2D eigenvalue weighted by Crippen LogP contribution is -2.10. The average Bonchev–Trinajstić information content (AvgIpc) is 2.70. The van der Waals surface area contributed by atoms with E-state index in [4.69, 9.17) is 0 Å². The number of hydrogen-bond acceptors (Lipinski definition) is 2. The molecule has 0 spiro atoms. The fraction of sp³-hybridized carbons (Fsp3) is 0.214. The van der Waals surface area contributed by atoms with Crippen LogP contribution in [0.4, 0.5) is 10.1 Å². The molecular weight excluding hydrogens is 249 g/mol. The molecule has 18 heavy (non-hydrogen) atoms. The Morgan fingerprint density at radius 2 is 2.17 bits per heavy atom. The number of benzene rings is 1. The van der Waals surface area contributed by atoms with E-state index in [9.17, 15) is 9.18 Å². The molecule has 0 aliphatic rings. The number of aryl methyl sites for hydroxylation is 2. The van der Waals surface area contributed by atoms with Crippen LogP contribution in [0.1, 0.15) is 27.0 Å². The smallest absolute Gasteiger partial charge is 0.265 e. The molecule has 0 unspecified atom stereocenters. The van der Waals surface area contributed by atoms with Gasteiger partial charge in [-0.25, -0.2) is 4.39 Å².